The molecule has 0 unspecified atom stereocenters. The number of hydrogen-bond acceptors (Lipinski definition) is 2. The number of aromatic nitrogens is 1. The first-order valence-electron chi connectivity index (χ1n) is 8.88. The Morgan fingerprint density at radius 3 is 2.73 bits per heavy atom. The van der Waals surface area contributed by atoms with Gasteiger partial charge in [-0.15, -0.1) is 0 Å². The number of aryl methyl sites for hydroxylation is 1. The fourth-order valence-corrected chi connectivity index (χ4v) is 3.65. The lowest BCUT2D eigenvalue weighted by Gasteiger charge is -2.11. The van der Waals surface area contributed by atoms with E-state index in [0.717, 1.165) is 23.7 Å². The lowest BCUT2D eigenvalue weighted by molar-refractivity contribution is 0.0815. The van der Waals surface area contributed by atoms with Crippen molar-refractivity contribution >= 4 is 39.4 Å². The molecule has 3 aromatic rings. The zero-order chi connectivity index (χ0) is 18.4. The summed E-state index contributed by atoms with van der Waals surface area (Å²) in [6.07, 6.45) is 1.87. The topological polar surface area (TPSA) is 43.3 Å². The number of para-hydroxylation sites is 1. The minimum absolute atomic E-state index is 0.0522. The van der Waals surface area contributed by atoms with Gasteiger partial charge in [0.05, 0.1) is 5.52 Å². The van der Waals surface area contributed by atoms with Crippen LogP contribution in [0.3, 0.4) is 0 Å². The van der Waals surface area contributed by atoms with E-state index in [-0.39, 0.29) is 5.91 Å². The third-order valence-electron chi connectivity index (χ3n) is 4.33. The molecule has 0 bridgehead atoms. The minimum Gasteiger partial charge on any atom is -0.361 e. The first-order chi connectivity index (χ1) is 12.7. The second-order valence-corrected chi connectivity index (χ2v) is 7.25. The van der Waals surface area contributed by atoms with E-state index in [9.17, 15) is 4.79 Å². The third-order valence-corrected chi connectivity index (χ3v) is 5.39. The summed E-state index contributed by atoms with van der Waals surface area (Å²) < 4.78 is 8.77. The Morgan fingerprint density at radius 1 is 1.15 bits per heavy atom. The number of nitrogens with zero attached hydrogens (tertiary/aromatic N) is 1. The molecule has 0 spiro atoms. The quantitative estimate of drug-likeness (QED) is 0.393. The first-order valence-corrected chi connectivity index (χ1v) is 9.96. The molecule has 1 amide bonds. The van der Waals surface area contributed by atoms with Gasteiger partial charge in [-0.2, -0.15) is 0 Å². The minimum atomic E-state index is -0.0522. The van der Waals surface area contributed by atoms with Crippen LogP contribution in [0.25, 0.3) is 10.9 Å². The smallest absolute Gasteiger partial charge is 0.268 e. The van der Waals surface area contributed by atoms with Crippen molar-refractivity contribution < 1.29 is 9.53 Å². The maximum Gasteiger partial charge on any atom is 0.268 e. The molecule has 1 heterocycles. The maximum absolute atomic E-state index is 12.7. The van der Waals surface area contributed by atoms with Crippen molar-refractivity contribution in [2.75, 3.05) is 13.2 Å². The number of halogens is 1. The SMILES string of the molecule is CCOCn1c(C(=O)NCCCc2ccccc2I)cc2ccccc21. The van der Waals surface area contributed by atoms with Crippen molar-refractivity contribution in [2.24, 2.45) is 0 Å². The molecular weight excluding hydrogens is 439 g/mol. The molecule has 5 heteroatoms. The lowest BCUT2D eigenvalue weighted by Crippen LogP contribution is -2.27. The predicted octanol–water partition coefficient (Wildman–Crippen LogP) is 4.60. The van der Waals surface area contributed by atoms with E-state index in [2.05, 4.69) is 46.1 Å². The van der Waals surface area contributed by atoms with Crippen LogP contribution in [0.1, 0.15) is 29.4 Å². The van der Waals surface area contributed by atoms with Crippen LogP contribution >= 0.6 is 22.6 Å². The highest BCUT2D eigenvalue weighted by Crippen LogP contribution is 2.20. The molecule has 1 aromatic heterocycles. The van der Waals surface area contributed by atoms with Gasteiger partial charge in [0.25, 0.3) is 5.91 Å². The van der Waals surface area contributed by atoms with Crippen LogP contribution in [-0.2, 0) is 17.9 Å². The van der Waals surface area contributed by atoms with E-state index >= 15 is 0 Å². The fraction of sp³-hybridized carbons (Fsp3) is 0.286. The molecule has 2 aromatic carbocycles. The van der Waals surface area contributed by atoms with Crippen molar-refractivity contribution in [1.29, 1.82) is 0 Å². The number of carbonyl (C=O) groups excluding carboxylic acids is 1. The van der Waals surface area contributed by atoms with Gasteiger partial charge in [0.15, 0.2) is 0 Å². The molecule has 0 aliphatic rings. The fourth-order valence-electron chi connectivity index (χ4n) is 2.99. The molecular formula is C21H23IN2O2. The van der Waals surface area contributed by atoms with Gasteiger partial charge >= 0.3 is 0 Å². The summed E-state index contributed by atoms with van der Waals surface area (Å²) in [4.78, 5) is 12.7. The molecule has 0 aliphatic heterocycles. The van der Waals surface area contributed by atoms with Crippen LogP contribution in [-0.4, -0.2) is 23.6 Å². The summed E-state index contributed by atoms with van der Waals surface area (Å²) in [5.41, 5.74) is 2.99. The lowest BCUT2D eigenvalue weighted by atomic mass is 10.1. The summed E-state index contributed by atoms with van der Waals surface area (Å²) in [5.74, 6) is -0.0522. The van der Waals surface area contributed by atoms with E-state index in [4.69, 9.17) is 4.74 Å². The Hall–Kier alpha value is -1.86. The zero-order valence-electron chi connectivity index (χ0n) is 14.9. The largest absolute Gasteiger partial charge is 0.361 e. The standard InChI is InChI=1S/C21H23IN2O2/c1-2-26-15-24-19-12-6-4-9-17(19)14-20(24)21(25)23-13-7-10-16-8-3-5-11-18(16)22/h3-6,8-9,11-12,14H,2,7,10,13,15H2,1H3,(H,23,25). The number of carbonyl (C=O) groups is 1. The van der Waals surface area contributed by atoms with Crippen LogP contribution in [0.4, 0.5) is 0 Å². The second-order valence-electron chi connectivity index (χ2n) is 6.09. The maximum atomic E-state index is 12.7. The van der Waals surface area contributed by atoms with Gasteiger partial charge in [-0.25, -0.2) is 0 Å². The number of fused-ring (bicyclic) bond motifs is 1. The Balaban J connectivity index is 1.65. The van der Waals surface area contributed by atoms with E-state index in [0.29, 0.717) is 25.6 Å². The number of hydrogen-bond donors (Lipinski definition) is 1. The van der Waals surface area contributed by atoms with E-state index in [1.807, 2.05) is 47.9 Å². The number of benzene rings is 2. The molecule has 0 aliphatic carbocycles. The van der Waals surface area contributed by atoms with Gasteiger partial charge in [0.2, 0.25) is 0 Å². The summed E-state index contributed by atoms with van der Waals surface area (Å²) in [7, 11) is 0. The van der Waals surface area contributed by atoms with E-state index < -0.39 is 0 Å². The highest BCUT2D eigenvalue weighted by Gasteiger charge is 2.15. The Morgan fingerprint density at radius 2 is 1.92 bits per heavy atom. The molecule has 136 valence electrons. The van der Waals surface area contributed by atoms with Gasteiger partial charge in [-0.3, -0.25) is 4.79 Å². The number of ether oxygens (including phenoxy) is 1. The summed E-state index contributed by atoms with van der Waals surface area (Å²) in [5, 5.41) is 4.10. The molecule has 0 radical (unpaired) electrons. The van der Waals surface area contributed by atoms with Crippen LogP contribution in [0.15, 0.2) is 54.6 Å². The highest BCUT2D eigenvalue weighted by molar-refractivity contribution is 14.1. The van der Waals surface area contributed by atoms with Crippen molar-refractivity contribution in [3.05, 3.63) is 69.4 Å². The second kappa shape index (κ2) is 9.19. The molecule has 3 rings (SSSR count). The molecule has 0 atom stereocenters. The zero-order valence-corrected chi connectivity index (χ0v) is 17.0. The Kier molecular flexibility index (Phi) is 6.68. The molecule has 0 saturated carbocycles. The molecule has 1 N–H and O–H groups in total. The average molecular weight is 462 g/mol. The molecule has 0 saturated heterocycles. The number of amides is 1. The van der Waals surface area contributed by atoms with Crippen LogP contribution in [0.2, 0.25) is 0 Å². The van der Waals surface area contributed by atoms with E-state index in [1.54, 1.807) is 0 Å². The normalized spacial score (nSPS) is 11.0. The van der Waals surface area contributed by atoms with Crippen molar-refractivity contribution in [3.63, 3.8) is 0 Å². The van der Waals surface area contributed by atoms with Crippen LogP contribution in [0, 0.1) is 3.57 Å². The van der Waals surface area contributed by atoms with Crippen molar-refractivity contribution in [2.45, 2.75) is 26.5 Å². The molecule has 0 fully saturated rings. The summed E-state index contributed by atoms with van der Waals surface area (Å²) in [6, 6.07) is 18.3. The number of nitrogens with one attached hydrogen (secondary N) is 1. The highest BCUT2D eigenvalue weighted by atomic mass is 127. The molecule has 4 nitrogen and oxygen atoms in total. The monoisotopic (exact) mass is 462 g/mol. The number of rotatable bonds is 8. The van der Waals surface area contributed by atoms with Gasteiger partial charge in [0.1, 0.15) is 12.4 Å². The van der Waals surface area contributed by atoms with Crippen LogP contribution in [0.5, 0.6) is 0 Å². The van der Waals surface area contributed by atoms with Gasteiger partial charge < -0.3 is 14.6 Å². The third kappa shape index (κ3) is 4.45. The predicted molar refractivity (Wildman–Crippen MR) is 113 cm³/mol. The van der Waals surface area contributed by atoms with E-state index in [1.165, 1.54) is 9.13 Å². The van der Waals surface area contributed by atoms with Gasteiger partial charge in [-0.1, -0.05) is 36.4 Å². The molecule has 26 heavy (non-hydrogen) atoms. The average Bonchev–Trinajstić information content (AvgIpc) is 3.03. The summed E-state index contributed by atoms with van der Waals surface area (Å²) in [6.45, 7) is 3.61. The first kappa shape index (κ1) is 18.9. The van der Waals surface area contributed by atoms with Gasteiger partial charge in [0, 0.05) is 22.1 Å². The Bertz CT molecular complexity index is 889. The van der Waals surface area contributed by atoms with Crippen LogP contribution < -0.4 is 5.32 Å². The summed E-state index contributed by atoms with van der Waals surface area (Å²) >= 11 is 2.36. The Labute approximate surface area is 167 Å². The van der Waals surface area contributed by atoms with Gasteiger partial charge in [-0.05, 0) is 66.1 Å². The van der Waals surface area contributed by atoms with Crippen molar-refractivity contribution in [3.8, 4) is 0 Å². The van der Waals surface area contributed by atoms with Crippen molar-refractivity contribution in [1.82, 2.24) is 9.88 Å².